The highest BCUT2D eigenvalue weighted by atomic mass is 32.1. The highest BCUT2D eigenvalue weighted by molar-refractivity contribution is 7.07. The van der Waals surface area contributed by atoms with E-state index in [-0.39, 0.29) is 6.61 Å². The van der Waals surface area contributed by atoms with Crippen LogP contribution in [0.4, 0.5) is 0 Å². The van der Waals surface area contributed by atoms with Crippen LogP contribution in [0.25, 0.3) is 0 Å². The quantitative estimate of drug-likeness (QED) is 0.693. The first-order valence-corrected chi connectivity index (χ1v) is 4.10. The standard InChI is InChI=1S/C7H10O2S/c8-3-1-7(9)6-2-4-10-5-6/h2,4-5,7-9H,1,3H2/t7-/m1/s1. The molecule has 0 amide bonds. The first-order valence-electron chi connectivity index (χ1n) is 3.15. The van der Waals surface area contributed by atoms with Crippen molar-refractivity contribution in [2.24, 2.45) is 0 Å². The average Bonchev–Trinajstić information content (AvgIpc) is 2.38. The molecule has 0 aliphatic heterocycles. The Hall–Kier alpha value is -0.380. The zero-order valence-corrected chi connectivity index (χ0v) is 6.34. The van der Waals surface area contributed by atoms with E-state index in [9.17, 15) is 5.11 Å². The molecule has 1 heterocycles. The van der Waals surface area contributed by atoms with Gasteiger partial charge in [0, 0.05) is 13.0 Å². The molecule has 0 aliphatic rings. The largest absolute Gasteiger partial charge is 0.396 e. The molecule has 0 spiro atoms. The van der Waals surface area contributed by atoms with Gasteiger partial charge in [0.05, 0.1) is 6.10 Å². The van der Waals surface area contributed by atoms with E-state index in [0.717, 1.165) is 5.56 Å². The molecule has 0 aromatic carbocycles. The second-order valence-electron chi connectivity index (χ2n) is 2.08. The van der Waals surface area contributed by atoms with Crippen LogP contribution in [0.2, 0.25) is 0 Å². The number of rotatable bonds is 3. The Morgan fingerprint density at radius 1 is 1.60 bits per heavy atom. The van der Waals surface area contributed by atoms with Crippen LogP contribution in [0, 0.1) is 0 Å². The topological polar surface area (TPSA) is 40.5 Å². The van der Waals surface area contributed by atoms with Crippen molar-refractivity contribution in [3.8, 4) is 0 Å². The van der Waals surface area contributed by atoms with Gasteiger partial charge in [0.15, 0.2) is 0 Å². The van der Waals surface area contributed by atoms with Gasteiger partial charge in [0.2, 0.25) is 0 Å². The Morgan fingerprint density at radius 3 is 2.90 bits per heavy atom. The van der Waals surface area contributed by atoms with Crippen LogP contribution < -0.4 is 0 Å². The molecule has 0 bridgehead atoms. The molecule has 0 saturated carbocycles. The predicted molar refractivity (Wildman–Crippen MR) is 41.0 cm³/mol. The van der Waals surface area contributed by atoms with Gasteiger partial charge in [-0.2, -0.15) is 11.3 Å². The van der Waals surface area contributed by atoms with Crippen molar-refractivity contribution in [2.45, 2.75) is 12.5 Å². The molecule has 3 heteroatoms. The van der Waals surface area contributed by atoms with Crippen LogP contribution in [0.3, 0.4) is 0 Å². The fraction of sp³-hybridized carbons (Fsp3) is 0.429. The van der Waals surface area contributed by atoms with Crippen LogP contribution in [0.1, 0.15) is 18.1 Å². The van der Waals surface area contributed by atoms with E-state index in [1.807, 2.05) is 16.8 Å². The second kappa shape index (κ2) is 3.71. The van der Waals surface area contributed by atoms with Gasteiger partial charge in [0.1, 0.15) is 0 Å². The first kappa shape index (κ1) is 7.72. The van der Waals surface area contributed by atoms with Gasteiger partial charge in [-0.25, -0.2) is 0 Å². The normalized spacial score (nSPS) is 13.4. The molecule has 1 aromatic heterocycles. The monoisotopic (exact) mass is 158 g/mol. The van der Waals surface area contributed by atoms with E-state index in [0.29, 0.717) is 6.42 Å². The Bertz CT molecular complexity index is 172. The van der Waals surface area contributed by atoms with Gasteiger partial charge in [-0.05, 0) is 22.4 Å². The van der Waals surface area contributed by atoms with Gasteiger partial charge in [-0.15, -0.1) is 0 Å². The minimum Gasteiger partial charge on any atom is -0.396 e. The number of aliphatic hydroxyl groups is 2. The smallest absolute Gasteiger partial charge is 0.0819 e. The Labute approximate surface area is 63.8 Å². The lowest BCUT2D eigenvalue weighted by atomic mass is 10.1. The van der Waals surface area contributed by atoms with Gasteiger partial charge >= 0.3 is 0 Å². The second-order valence-corrected chi connectivity index (χ2v) is 2.86. The van der Waals surface area contributed by atoms with Crippen molar-refractivity contribution < 1.29 is 10.2 Å². The third kappa shape index (κ3) is 1.80. The van der Waals surface area contributed by atoms with Crippen molar-refractivity contribution in [1.82, 2.24) is 0 Å². The van der Waals surface area contributed by atoms with Gasteiger partial charge < -0.3 is 10.2 Å². The van der Waals surface area contributed by atoms with E-state index < -0.39 is 6.10 Å². The molecule has 1 aromatic rings. The lowest BCUT2D eigenvalue weighted by molar-refractivity contribution is 0.134. The zero-order chi connectivity index (χ0) is 7.40. The third-order valence-corrected chi connectivity index (χ3v) is 2.03. The molecule has 2 nitrogen and oxygen atoms in total. The van der Waals surface area contributed by atoms with E-state index in [1.165, 1.54) is 0 Å². The molecule has 0 fully saturated rings. The number of hydrogen-bond acceptors (Lipinski definition) is 3. The summed E-state index contributed by atoms with van der Waals surface area (Å²) >= 11 is 1.55. The lowest BCUT2D eigenvalue weighted by Gasteiger charge is -2.04. The van der Waals surface area contributed by atoms with E-state index in [2.05, 4.69) is 0 Å². The maximum Gasteiger partial charge on any atom is 0.0819 e. The molecule has 1 rings (SSSR count). The van der Waals surface area contributed by atoms with E-state index in [1.54, 1.807) is 11.3 Å². The third-order valence-electron chi connectivity index (χ3n) is 1.33. The maximum absolute atomic E-state index is 9.26. The van der Waals surface area contributed by atoms with Crippen molar-refractivity contribution in [3.05, 3.63) is 22.4 Å². The molecular weight excluding hydrogens is 148 g/mol. The molecule has 2 N–H and O–H groups in total. The van der Waals surface area contributed by atoms with Crippen LogP contribution in [-0.2, 0) is 0 Å². The van der Waals surface area contributed by atoms with Gasteiger partial charge in [-0.1, -0.05) is 0 Å². The minimum absolute atomic E-state index is 0.0387. The van der Waals surface area contributed by atoms with Crippen molar-refractivity contribution >= 4 is 11.3 Å². The molecule has 56 valence electrons. The zero-order valence-electron chi connectivity index (χ0n) is 5.53. The Kier molecular flexibility index (Phi) is 2.86. The van der Waals surface area contributed by atoms with E-state index in [4.69, 9.17) is 5.11 Å². The van der Waals surface area contributed by atoms with Crippen molar-refractivity contribution in [1.29, 1.82) is 0 Å². The summed E-state index contributed by atoms with van der Waals surface area (Å²) in [6.07, 6.45) is -0.0623. The van der Waals surface area contributed by atoms with Crippen molar-refractivity contribution in [2.75, 3.05) is 6.61 Å². The highest BCUT2D eigenvalue weighted by Crippen LogP contribution is 2.18. The number of aliphatic hydroxyl groups excluding tert-OH is 2. The van der Waals surface area contributed by atoms with Crippen LogP contribution in [0.15, 0.2) is 16.8 Å². The molecule has 0 saturated heterocycles. The number of thiophene rings is 1. The summed E-state index contributed by atoms with van der Waals surface area (Å²) < 4.78 is 0. The summed E-state index contributed by atoms with van der Waals surface area (Å²) in [5.74, 6) is 0. The molecular formula is C7H10O2S. The minimum atomic E-state index is -0.490. The van der Waals surface area contributed by atoms with Gasteiger partial charge in [-0.3, -0.25) is 0 Å². The highest BCUT2D eigenvalue weighted by Gasteiger charge is 2.05. The lowest BCUT2D eigenvalue weighted by Crippen LogP contribution is -1.97. The molecule has 0 radical (unpaired) electrons. The summed E-state index contributed by atoms with van der Waals surface area (Å²) in [7, 11) is 0. The van der Waals surface area contributed by atoms with E-state index >= 15 is 0 Å². The van der Waals surface area contributed by atoms with Crippen LogP contribution >= 0.6 is 11.3 Å². The summed E-state index contributed by atoms with van der Waals surface area (Å²) in [5.41, 5.74) is 0.902. The average molecular weight is 158 g/mol. The summed E-state index contributed by atoms with van der Waals surface area (Å²) in [4.78, 5) is 0. The van der Waals surface area contributed by atoms with Crippen LogP contribution in [-0.4, -0.2) is 16.8 Å². The van der Waals surface area contributed by atoms with Crippen molar-refractivity contribution in [3.63, 3.8) is 0 Å². The molecule has 10 heavy (non-hydrogen) atoms. The Balaban J connectivity index is 2.50. The molecule has 1 atom stereocenters. The summed E-state index contributed by atoms with van der Waals surface area (Å²) in [5, 5.41) is 21.5. The summed E-state index contributed by atoms with van der Waals surface area (Å²) in [6, 6.07) is 1.87. The fourth-order valence-electron chi connectivity index (χ4n) is 0.754. The number of hydrogen-bond donors (Lipinski definition) is 2. The Morgan fingerprint density at radius 2 is 2.40 bits per heavy atom. The SMILES string of the molecule is OCC[C@@H](O)c1ccsc1. The van der Waals surface area contributed by atoms with Gasteiger partial charge in [0.25, 0.3) is 0 Å². The predicted octanol–water partition coefficient (Wildman–Crippen LogP) is 1.16. The maximum atomic E-state index is 9.26. The molecule has 0 unspecified atom stereocenters. The summed E-state index contributed by atoms with van der Waals surface area (Å²) in [6.45, 7) is 0.0387. The van der Waals surface area contributed by atoms with Crippen LogP contribution in [0.5, 0.6) is 0 Å². The fourth-order valence-corrected chi connectivity index (χ4v) is 1.46. The first-order chi connectivity index (χ1) is 4.84. The molecule has 0 aliphatic carbocycles.